The first-order valence-corrected chi connectivity index (χ1v) is 9.80. The lowest BCUT2D eigenvalue weighted by atomic mass is 10.0. The number of rotatable bonds is 16. The third-order valence-corrected chi connectivity index (χ3v) is 4.05. The summed E-state index contributed by atoms with van der Waals surface area (Å²) in [7, 11) is 0. The van der Waals surface area contributed by atoms with E-state index in [-0.39, 0.29) is 12.5 Å². The Hall–Kier alpha value is -1.43. The Bertz CT molecular complexity index is 372. The van der Waals surface area contributed by atoms with Crippen LogP contribution in [0.5, 0.6) is 0 Å². The highest BCUT2D eigenvalue weighted by Crippen LogP contribution is 2.12. The van der Waals surface area contributed by atoms with Crippen LogP contribution in [0.1, 0.15) is 90.4 Å². The number of hydrogen-bond acceptors (Lipinski definition) is 5. The van der Waals surface area contributed by atoms with Crippen molar-refractivity contribution in [2.75, 3.05) is 13.1 Å². The predicted molar refractivity (Wildman–Crippen MR) is 98.9 cm³/mol. The maximum Gasteiger partial charge on any atom is 0.327 e. The zero-order valence-electron chi connectivity index (χ0n) is 15.8. The molecule has 0 aromatic rings. The molecule has 0 saturated heterocycles. The van der Waals surface area contributed by atoms with Gasteiger partial charge < -0.3 is 15.8 Å². The average molecular weight is 357 g/mol. The molecule has 0 atom stereocenters. The molecule has 1 amide bonds. The van der Waals surface area contributed by atoms with E-state index in [1.165, 1.54) is 38.5 Å². The first kappa shape index (κ1) is 23.6. The molecular formula is C19H36N2O4. The highest BCUT2D eigenvalue weighted by Gasteiger charge is 2.07. The summed E-state index contributed by atoms with van der Waals surface area (Å²) in [6.45, 7) is 2.41. The van der Waals surface area contributed by atoms with Gasteiger partial charge in [0.15, 0.2) is 0 Å². The van der Waals surface area contributed by atoms with Gasteiger partial charge in [-0.15, -0.1) is 0 Å². The molecule has 3 N–H and O–H groups in total. The summed E-state index contributed by atoms with van der Waals surface area (Å²) < 4.78 is 4.50. The van der Waals surface area contributed by atoms with E-state index in [0.717, 1.165) is 38.6 Å². The van der Waals surface area contributed by atoms with Crippen LogP contribution >= 0.6 is 0 Å². The molecule has 0 rings (SSSR count). The Morgan fingerprint density at radius 3 is 1.60 bits per heavy atom. The normalized spacial score (nSPS) is 10.5. The van der Waals surface area contributed by atoms with Gasteiger partial charge in [0.05, 0.1) is 6.54 Å². The van der Waals surface area contributed by atoms with Crippen LogP contribution in [0.15, 0.2) is 0 Å². The van der Waals surface area contributed by atoms with Crippen LogP contribution in [-0.4, -0.2) is 30.9 Å². The van der Waals surface area contributed by atoms with Gasteiger partial charge in [-0.25, -0.2) is 0 Å². The molecule has 146 valence electrons. The second-order valence-corrected chi connectivity index (χ2v) is 6.39. The van der Waals surface area contributed by atoms with Gasteiger partial charge >= 0.3 is 11.9 Å². The van der Waals surface area contributed by atoms with Crippen LogP contribution in [0.4, 0.5) is 0 Å². The molecule has 0 radical (unpaired) electrons. The molecule has 25 heavy (non-hydrogen) atoms. The largest absolute Gasteiger partial charge is 0.392 e. The molecule has 0 aromatic heterocycles. The highest BCUT2D eigenvalue weighted by atomic mass is 16.6. The monoisotopic (exact) mass is 356 g/mol. The molecule has 6 heteroatoms. The second kappa shape index (κ2) is 17.4. The minimum atomic E-state index is -0.658. The van der Waals surface area contributed by atoms with Crippen LogP contribution in [0.3, 0.4) is 0 Å². The molecule has 0 aliphatic rings. The van der Waals surface area contributed by atoms with E-state index in [2.05, 4.69) is 10.1 Å². The van der Waals surface area contributed by atoms with Crippen molar-refractivity contribution in [3.05, 3.63) is 0 Å². The summed E-state index contributed by atoms with van der Waals surface area (Å²) >= 11 is 0. The SMILES string of the molecule is CCNC(=O)CCCCCCCCCCCCCC(=O)OC(=O)CN. The van der Waals surface area contributed by atoms with Crippen LogP contribution in [0, 0.1) is 0 Å². The van der Waals surface area contributed by atoms with Crippen molar-refractivity contribution < 1.29 is 19.1 Å². The zero-order chi connectivity index (χ0) is 18.8. The molecule has 0 spiro atoms. The van der Waals surface area contributed by atoms with Crippen molar-refractivity contribution in [3.63, 3.8) is 0 Å². The number of carbonyl (C=O) groups excluding carboxylic acids is 3. The van der Waals surface area contributed by atoms with Crippen molar-refractivity contribution in [2.24, 2.45) is 5.73 Å². The van der Waals surface area contributed by atoms with Crippen molar-refractivity contribution in [2.45, 2.75) is 90.4 Å². The minimum Gasteiger partial charge on any atom is -0.392 e. The number of hydrogen-bond donors (Lipinski definition) is 2. The topological polar surface area (TPSA) is 98.5 Å². The molecule has 0 aliphatic heterocycles. The number of ether oxygens (including phenoxy) is 1. The van der Waals surface area contributed by atoms with E-state index in [1.54, 1.807) is 0 Å². The number of unbranched alkanes of at least 4 members (excludes halogenated alkanes) is 10. The maximum absolute atomic E-state index is 11.3. The van der Waals surface area contributed by atoms with Gasteiger partial charge in [-0.1, -0.05) is 57.8 Å². The molecule has 0 saturated carbocycles. The van der Waals surface area contributed by atoms with Gasteiger partial charge in [-0.2, -0.15) is 0 Å². The Balaban J connectivity index is 3.20. The first-order valence-electron chi connectivity index (χ1n) is 9.80. The number of carbonyl (C=O) groups is 3. The van der Waals surface area contributed by atoms with Gasteiger partial charge in [0.1, 0.15) is 0 Å². The quantitative estimate of drug-likeness (QED) is 0.251. The van der Waals surface area contributed by atoms with Gasteiger partial charge in [0, 0.05) is 19.4 Å². The van der Waals surface area contributed by atoms with Crippen molar-refractivity contribution >= 4 is 17.8 Å². The van der Waals surface area contributed by atoms with Gasteiger partial charge in [0.25, 0.3) is 0 Å². The van der Waals surface area contributed by atoms with E-state index >= 15 is 0 Å². The lowest BCUT2D eigenvalue weighted by Gasteiger charge is -2.04. The summed E-state index contributed by atoms with van der Waals surface area (Å²) in [5.74, 6) is -0.960. The first-order chi connectivity index (χ1) is 12.1. The molecule has 0 aliphatic carbocycles. The number of nitrogens with two attached hydrogens (primary N) is 1. The van der Waals surface area contributed by atoms with Crippen LogP contribution in [0.25, 0.3) is 0 Å². The van der Waals surface area contributed by atoms with Crippen LogP contribution < -0.4 is 11.1 Å². The molecule has 0 fully saturated rings. The summed E-state index contributed by atoms with van der Waals surface area (Å²) in [6.07, 6.45) is 13.3. The zero-order valence-corrected chi connectivity index (χ0v) is 15.8. The van der Waals surface area contributed by atoms with Crippen molar-refractivity contribution in [1.82, 2.24) is 5.32 Å². The smallest absolute Gasteiger partial charge is 0.327 e. The molecule has 0 bridgehead atoms. The Kier molecular flexibility index (Phi) is 16.4. The van der Waals surface area contributed by atoms with E-state index in [9.17, 15) is 14.4 Å². The fourth-order valence-corrected chi connectivity index (χ4v) is 2.65. The number of nitrogens with one attached hydrogen (secondary N) is 1. The lowest BCUT2D eigenvalue weighted by molar-refractivity contribution is -0.158. The predicted octanol–water partition coefficient (Wildman–Crippen LogP) is 3.22. The summed E-state index contributed by atoms with van der Waals surface area (Å²) in [5, 5.41) is 2.82. The highest BCUT2D eigenvalue weighted by molar-refractivity contribution is 5.86. The molecule has 0 heterocycles. The van der Waals surface area contributed by atoms with Gasteiger partial charge in [0.2, 0.25) is 5.91 Å². The number of amides is 1. The molecule has 0 unspecified atom stereocenters. The Morgan fingerprint density at radius 2 is 1.16 bits per heavy atom. The summed E-state index contributed by atoms with van der Waals surface area (Å²) in [4.78, 5) is 33.3. The Morgan fingerprint density at radius 1 is 0.720 bits per heavy atom. The summed E-state index contributed by atoms with van der Waals surface area (Å²) in [6, 6.07) is 0. The third kappa shape index (κ3) is 17.2. The fourth-order valence-electron chi connectivity index (χ4n) is 2.65. The summed E-state index contributed by atoms with van der Waals surface area (Å²) in [5.41, 5.74) is 5.07. The lowest BCUT2D eigenvalue weighted by Crippen LogP contribution is -2.21. The van der Waals surface area contributed by atoms with E-state index in [0.29, 0.717) is 12.8 Å². The van der Waals surface area contributed by atoms with Gasteiger partial charge in [-0.3, -0.25) is 14.4 Å². The van der Waals surface area contributed by atoms with Gasteiger partial charge in [-0.05, 0) is 19.8 Å². The second-order valence-electron chi connectivity index (χ2n) is 6.39. The molecule has 0 aromatic carbocycles. The van der Waals surface area contributed by atoms with Crippen molar-refractivity contribution in [1.29, 1.82) is 0 Å². The average Bonchev–Trinajstić information content (AvgIpc) is 2.59. The van der Waals surface area contributed by atoms with Crippen LogP contribution in [0.2, 0.25) is 0 Å². The molecule has 6 nitrogen and oxygen atoms in total. The standard InChI is InChI=1S/C19H36N2O4/c1-2-21-17(22)14-12-10-8-6-4-3-5-7-9-11-13-15-18(23)25-19(24)16-20/h2-16,20H2,1H3,(H,21,22). The van der Waals surface area contributed by atoms with Crippen molar-refractivity contribution in [3.8, 4) is 0 Å². The maximum atomic E-state index is 11.3. The fraction of sp³-hybridized carbons (Fsp3) is 0.842. The Labute approximate surface area is 152 Å². The van der Waals surface area contributed by atoms with E-state index in [1.807, 2.05) is 6.92 Å². The minimum absolute atomic E-state index is 0.168. The third-order valence-electron chi connectivity index (χ3n) is 4.05. The van der Waals surface area contributed by atoms with Crippen LogP contribution in [-0.2, 0) is 19.1 Å². The van der Waals surface area contributed by atoms with E-state index in [4.69, 9.17) is 5.73 Å². The molecular weight excluding hydrogens is 320 g/mol. The number of esters is 2. The van der Waals surface area contributed by atoms with E-state index < -0.39 is 11.9 Å².